The lowest BCUT2D eigenvalue weighted by atomic mass is 10.1. The lowest BCUT2D eigenvalue weighted by Gasteiger charge is -2.15. The number of Topliss-reactive ketones (excluding diaryl/α,β-unsaturated/α-hetero) is 1. The average molecular weight is 278 g/mol. The third-order valence-electron chi connectivity index (χ3n) is 2.93. The van der Waals surface area contributed by atoms with Crippen molar-refractivity contribution in [3.8, 4) is 0 Å². The molecule has 0 saturated carbocycles. The van der Waals surface area contributed by atoms with Gasteiger partial charge < -0.3 is 9.32 Å². The number of hydrogen-bond acceptors (Lipinski definition) is 3. The summed E-state index contributed by atoms with van der Waals surface area (Å²) >= 11 is 6.00. The predicted molar refractivity (Wildman–Crippen MR) is 75.4 cm³/mol. The second-order valence-electron chi connectivity index (χ2n) is 4.52. The van der Waals surface area contributed by atoms with E-state index >= 15 is 0 Å². The maximum atomic E-state index is 12.0. The van der Waals surface area contributed by atoms with E-state index in [0.717, 1.165) is 12.1 Å². The summed E-state index contributed by atoms with van der Waals surface area (Å²) in [6.45, 7) is 1.46. The van der Waals surface area contributed by atoms with Crippen LogP contribution < -0.4 is 0 Å². The van der Waals surface area contributed by atoms with E-state index in [0.29, 0.717) is 23.6 Å². The Kier molecular flexibility index (Phi) is 4.77. The molecule has 19 heavy (non-hydrogen) atoms. The van der Waals surface area contributed by atoms with Crippen molar-refractivity contribution >= 4 is 17.4 Å². The fourth-order valence-electron chi connectivity index (χ4n) is 1.89. The average Bonchev–Trinajstić information content (AvgIpc) is 2.89. The Morgan fingerprint density at radius 2 is 2.11 bits per heavy atom. The van der Waals surface area contributed by atoms with Gasteiger partial charge in [-0.05, 0) is 25.2 Å². The van der Waals surface area contributed by atoms with E-state index in [-0.39, 0.29) is 5.78 Å². The summed E-state index contributed by atoms with van der Waals surface area (Å²) in [5, 5.41) is 0.519. The van der Waals surface area contributed by atoms with Gasteiger partial charge in [0.25, 0.3) is 0 Å². The topological polar surface area (TPSA) is 33.5 Å². The summed E-state index contributed by atoms with van der Waals surface area (Å²) < 4.78 is 5.01. The molecular weight excluding hydrogens is 262 g/mol. The van der Waals surface area contributed by atoms with Crippen LogP contribution in [0.4, 0.5) is 0 Å². The molecule has 100 valence electrons. The monoisotopic (exact) mass is 277 g/mol. The molecule has 1 heterocycles. The summed E-state index contributed by atoms with van der Waals surface area (Å²) in [4.78, 5) is 14.1. The molecule has 4 heteroatoms. The second kappa shape index (κ2) is 6.55. The molecule has 0 radical (unpaired) electrons. The van der Waals surface area contributed by atoms with Crippen LogP contribution in [0, 0.1) is 0 Å². The van der Waals surface area contributed by atoms with Crippen molar-refractivity contribution in [3.05, 3.63) is 59.0 Å². The van der Waals surface area contributed by atoms with Crippen molar-refractivity contribution in [2.24, 2.45) is 0 Å². The molecule has 0 N–H and O–H groups in total. The summed E-state index contributed by atoms with van der Waals surface area (Å²) in [5.41, 5.74) is 1.70. The van der Waals surface area contributed by atoms with Crippen LogP contribution in [0.3, 0.4) is 0 Å². The molecule has 1 aromatic heterocycles. The Morgan fingerprint density at radius 3 is 2.79 bits per heavy atom. The molecular formula is C15H16ClNO2. The number of nitrogens with zero attached hydrogens (tertiary/aromatic N) is 1. The van der Waals surface area contributed by atoms with Crippen molar-refractivity contribution in [1.29, 1.82) is 0 Å². The molecule has 0 spiro atoms. The predicted octanol–water partition coefficient (Wildman–Crippen LogP) is 3.64. The quantitative estimate of drug-likeness (QED) is 0.756. The Balaban J connectivity index is 1.85. The van der Waals surface area contributed by atoms with E-state index in [4.69, 9.17) is 16.0 Å². The van der Waals surface area contributed by atoms with E-state index in [1.807, 2.05) is 25.2 Å². The molecule has 0 fully saturated rings. The highest BCUT2D eigenvalue weighted by Crippen LogP contribution is 2.17. The highest BCUT2D eigenvalue weighted by Gasteiger charge is 2.11. The maximum absolute atomic E-state index is 12.0. The molecule has 0 atom stereocenters. The van der Waals surface area contributed by atoms with E-state index in [1.54, 1.807) is 24.7 Å². The van der Waals surface area contributed by atoms with Gasteiger partial charge in [0.05, 0.1) is 17.5 Å². The molecule has 0 unspecified atom stereocenters. The van der Waals surface area contributed by atoms with Crippen LogP contribution in [-0.4, -0.2) is 24.3 Å². The fourth-order valence-corrected chi connectivity index (χ4v) is 2.13. The van der Waals surface area contributed by atoms with Crippen molar-refractivity contribution in [1.82, 2.24) is 4.90 Å². The fraction of sp³-hybridized carbons (Fsp3) is 0.267. The normalized spacial score (nSPS) is 10.9. The van der Waals surface area contributed by atoms with E-state index in [9.17, 15) is 4.79 Å². The number of halogens is 1. The van der Waals surface area contributed by atoms with Crippen LogP contribution in [0.2, 0.25) is 5.02 Å². The van der Waals surface area contributed by atoms with Crippen molar-refractivity contribution in [2.75, 3.05) is 13.6 Å². The van der Waals surface area contributed by atoms with Gasteiger partial charge in [0.15, 0.2) is 5.78 Å². The summed E-state index contributed by atoms with van der Waals surface area (Å²) in [7, 11) is 1.98. The van der Waals surface area contributed by atoms with Crippen LogP contribution >= 0.6 is 11.6 Å². The minimum atomic E-state index is 0.0737. The highest BCUT2D eigenvalue weighted by molar-refractivity contribution is 6.33. The van der Waals surface area contributed by atoms with Gasteiger partial charge in [-0.25, -0.2) is 0 Å². The Hall–Kier alpha value is -1.58. The number of hydrogen-bond donors (Lipinski definition) is 0. The lowest BCUT2D eigenvalue weighted by molar-refractivity contribution is 0.0968. The Bertz CT molecular complexity index is 537. The van der Waals surface area contributed by atoms with Gasteiger partial charge >= 0.3 is 0 Å². The summed E-state index contributed by atoms with van der Waals surface area (Å²) in [6.07, 6.45) is 3.82. The molecule has 0 amide bonds. The molecule has 2 rings (SSSR count). The van der Waals surface area contributed by atoms with Gasteiger partial charge in [0.1, 0.15) is 0 Å². The minimum Gasteiger partial charge on any atom is -0.472 e. The van der Waals surface area contributed by atoms with E-state index in [2.05, 4.69) is 4.90 Å². The molecule has 0 bridgehead atoms. The zero-order chi connectivity index (χ0) is 13.7. The first kappa shape index (κ1) is 13.8. The van der Waals surface area contributed by atoms with Gasteiger partial charge in [0.2, 0.25) is 0 Å². The van der Waals surface area contributed by atoms with Gasteiger partial charge in [-0.2, -0.15) is 0 Å². The summed E-state index contributed by atoms with van der Waals surface area (Å²) in [6, 6.07) is 9.08. The number of furan rings is 1. The molecule has 1 aromatic carbocycles. The zero-order valence-electron chi connectivity index (χ0n) is 10.8. The maximum Gasteiger partial charge on any atom is 0.165 e. The molecule has 2 aromatic rings. The third-order valence-corrected chi connectivity index (χ3v) is 3.26. The van der Waals surface area contributed by atoms with Crippen molar-refractivity contribution in [2.45, 2.75) is 13.0 Å². The molecule has 0 aliphatic rings. The van der Waals surface area contributed by atoms with Gasteiger partial charge in [-0.3, -0.25) is 4.79 Å². The third kappa shape index (κ3) is 3.94. The smallest absolute Gasteiger partial charge is 0.165 e. The van der Waals surface area contributed by atoms with E-state index in [1.165, 1.54) is 0 Å². The van der Waals surface area contributed by atoms with Crippen LogP contribution in [0.1, 0.15) is 22.3 Å². The van der Waals surface area contributed by atoms with Crippen LogP contribution in [-0.2, 0) is 6.54 Å². The number of rotatable bonds is 6. The number of ketones is 1. The van der Waals surface area contributed by atoms with Crippen molar-refractivity contribution < 1.29 is 9.21 Å². The zero-order valence-corrected chi connectivity index (χ0v) is 11.6. The van der Waals surface area contributed by atoms with Crippen LogP contribution in [0.5, 0.6) is 0 Å². The van der Waals surface area contributed by atoms with E-state index < -0.39 is 0 Å². The van der Waals surface area contributed by atoms with Gasteiger partial charge in [0, 0.05) is 30.6 Å². The Labute approximate surface area is 117 Å². The van der Waals surface area contributed by atoms with Crippen LogP contribution in [0.15, 0.2) is 47.3 Å². The first-order valence-corrected chi connectivity index (χ1v) is 6.52. The molecule has 0 aliphatic carbocycles. The number of carbonyl (C=O) groups excluding carboxylic acids is 1. The molecule has 0 saturated heterocycles. The number of carbonyl (C=O) groups is 1. The van der Waals surface area contributed by atoms with Crippen molar-refractivity contribution in [3.63, 3.8) is 0 Å². The summed E-state index contributed by atoms with van der Waals surface area (Å²) in [5.74, 6) is 0.0737. The minimum absolute atomic E-state index is 0.0737. The SMILES string of the molecule is CN(CCC(=O)c1ccccc1Cl)Cc1ccoc1. The van der Waals surface area contributed by atoms with Gasteiger partial charge in [-0.1, -0.05) is 23.7 Å². The first-order valence-electron chi connectivity index (χ1n) is 6.14. The molecule has 3 nitrogen and oxygen atoms in total. The highest BCUT2D eigenvalue weighted by atomic mass is 35.5. The first-order chi connectivity index (χ1) is 9.16. The molecule has 0 aliphatic heterocycles. The Morgan fingerprint density at radius 1 is 1.32 bits per heavy atom. The largest absolute Gasteiger partial charge is 0.472 e. The van der Waals surface area contributed by atoms with Gasteiger partial charge in [-0.15, -0.1) is 0 Å². The van der Waals surface area contributed by atoms with Crippen LogP contribution in [0.25, 0.3) is 0 Å². The standard InChI is InChI=1S/C15H16ClNO2/c1-17(10-12-7-9-19-11-12)8-6-15(18)13-4-2-3-5-14(13)16/h2-5,7,9,11H,6,8,10H2,1H3. The second-order valence-corrected chi connectivity index (χ2v) is 4.93. The number of benzene rings is 1. The lowest BCUT2D eigenvalue weighted by Crippen LogP contribution is -2.21.